The third-order valence-corrected chi connectivity index (χ3v) is 5.23. The summed E-state index contributed by atoms with van der Waals surface area (Å²) in [6.07, 6.45) is -0.916. The maximum Gasteiger partial charge on any atom is 0.269 e. The lowest BCUT2D eigenvalue weighted by molar-refractivity contribution is -0.385. The number of nitrogens with zero attached hydrogens (tertiary/aromatic N) is 3. The van der Waals surface area contributed by atoms with Crippen molar-refractivity contribution in [2.24, 2.45) is 5.10 Å². The number of benzene rings is 3. The summed E-state index contributed by atoms with van der Waals surface area (Å²) in [7, 11) is 0. The molecule has 1 aliphatic heterocycles. The molecule has 0 unspecified atom stereocenters. The molecule has 1 atom stereocenters. The van der Waals surface area contributed by atoms with Crippen LogP contribution in [-0.2, 0) is 16.1 Å². The first-order valence-corrected chi connectivity index (χ1v) is 10.5. The number of ether oxygens (including phenoxy) is 2. The smallest absolute Gasteiger partial charge is 0.269 e. The van der Waals surface area contributed by atoms with E-state index in [-0.39, 0.29) is 17.5 Å². The summed E-state index contributed by atoms with van der Waals surface area (Å²) >= 11 is 3.45. The molecule has 1 amide bonds. The Bertz CT molecular complexity index is 1210. The Morgan fingerprint density at radius 2 is 1.94 bits per heavy atom. The van der Waals surface area contributed by atoms with Crippen molar-refractivity contribution in [2.45, 2.75) is 19.8 Å². The molecule has 8 nitrogen and oxygen atoms in total. The lowest BCUT2D eigenvalue weighted by Gasteiger charge is -2.19. The molecule has 162 valence electrons. The topological polar surface area (TPSA) is 94.3 Å². The van der Waals surface area contributed by atoms with Crippen LogP contribution in [0.5, 0.6) is 5.75 Å². The van der Waals surface area contributed by atoms with Gasteiger partial charge in [0.25, 0.3) is 5.69 Å². The average molecular weight is 496 g/mol. The molecule has 3 aromatic carbocycles. The SMILES string of the molecule is CC(=O)N1N=C(c2ccccc2OCc2cccc(Br)c2)O[C@H]1c1cccc([N+](=O)[O-])c1. The largest absolute Gasteiger partial charge is 0.488 e. The molecule has 0 radical (unpaired) electrons. The summed E-state index contributed by atoms with van der Waals surface area (Å²) in [5.41, 5.74) is 1.89. The minimum absolute atomic E-state index is 0.0965. The molecule has 0 spiro atoms. The predicted molar refractivity (Wildman–Crippen MR) is 121 cm³/mol. The monoisotopic (exact) mass is 495 g/mol. The molecular formula is C23H18BrN3O5. The highest BCUT2D eigenvalue weighted by molar-refractivity contribution is 9.10. The maximum atomic E-state index is 12.2. The van der Waals surface area contributed by atoms with Crippen LogP contribution >= 0.6 is 15.9 Å². The van der Waals surface area contributed by atoms with Crippen LogP contribution in [0.2, 0.25) is 0 Å². The van der Waals surface area contributed by atoms with Gasteiger partial charge in [-0.2, -0.15) is 5.01 Å². The molecule has 0 aromatic heterocycles. The summed E-state index contributed by atoms with van der Waals surface area (Å²) in [5, 5.41) is 16.7. The van der Waals surface area contributed by atoms with Gasteiger partial charge in [0, 0.05) is 29.1 Å². The zero-order valence-corrected chi connectivity index (χ0v) is 18.6. The molecule has 4 rings (SSSR count). The van der Waals surface area contributed by atoms with Crippen molar-refractivity contribution in [3.8, 4) is 5.75 Å². The third kappa shape index (κ3) is 4.62. The van der Waals surface area contributed by atoms with Gasteiger partial charge in [-0.25, -0.2) is 0 Å². The quantitative estimate of drug-likeness (QED) is 0.347. The van der Waals surface area contributed by atoms with Gasteiger partial charge in [-0.15, -0.1) is 5.10 Å². The van der Waals surface area contributed by atoms with E-state index >= 15 is 0 Å². The Balaban J connectivity index is 1.61. The number of halogens is 1. The fraction of sp³-hybridized carbons (Fsp3) is 0.130. The fourth-order valence-corrected chi connectivity index (χ4v) is 3.69. The van der Waals surface area contributed by atoms with E-state index < -0.39 is 11.2 Å². The van der Waals surface area contributed by atoms with Gasteiger partial charge >= 0.3 is 0 Å². The van der Waals surface area contributed by atoms with E-state index in [4.69, 9.17) is 9.47 Å². The van der Waals surface area contributed by atoms with Crippen LogP contribution in [0.25, 0.3) is 0 Å². The number of carbonyl (C=O) groups excluding carboxylic acids is 1. The summed E-state index contributed by atoms with van der Waals surface area (Å²) in [4.78, 5) is 22.9. The van der Waals surface area contributed by atoms with Crippen molar-refractivity contribution >= 4 is 33.4 Å². The Kier molecular flexibility index (Phi) is 6.18. The number of non-ortho nitro benzene ring substituents is 1. The molecule has 3 aromatic rings. The molecule has 0 N–H and O–H groups in total. The average Bonchev–Trinajstić information content (AvgIpc) is 3.24. The number of carbonyl (C=O) groups is 1. The molecule has 9 heteroatoms. The van der Waals surface area contributed by atoms with Gasteiger partial charge in [0.1, 0.15) is 12.4 Å². The second-order valence-electron chi connectivity index (χ2n) is 7.01. The van der Waals surface area contributed by atoms with Crippen molar-refractivity contribution in [1.82, 2.24) is 5.01 Å². The summed E-state index contributed by atoms with van der Waals surface area (Å²) < 4.78 is 13.0. The number of hydrogen-bond donors (Lipinski definition) is 0. The van der Waals surface area contributed by atoms with Gasteiger partial charge < -0.3 is 9.47 Å². The second kappa shape index (κ2) is 9.19. The molecule has 0 saturated heterocycles. The predicted octanol–water partition coefficient (Wildman–Crippen LogP) is 5.18. The highest BCUT2D eigenvalue weighted by atomic mass is 79.9. The van der Waals surface area contributed by atoms with Gasteiger partial charge in [-0.1, -0.05) is 52.3 Å². The highest BCUT2D eigenvalue weighted by Crippen LogP contribution is 2.34. The fourth-order valence-electron chi connectivity index (χ4n) is 3.24. The van der Waals surface area contributed by atoms with E-state index in [9.17, 15) is 14.9 Å². The Morgan fingerprint density at radius 1 is 1.16 bits per heavy atom. The highest BCUT2D eigenvalue weighted by Gasteiger charge is 2.34. The lowest BCUT2D eigenvalue weighted by Crippen LogP contribution is -2.25. The van der Waals surface area contributed by atoms with E-state index in [1.807, 2.05) is 36.4 Å². The minimum atomic E-state index is -0.916. The van der Waals surface area contributed by atoms with E-state index in [2.05, 4.69) is 21.0 Å². The van der Waals surface area contributed by atoms with Crippen LogP contribution in [0.1, 0.15) is 29.8 Å². The van der Waals surface area contributed by atoms with E-state index in [1.165, 1.54) is 24.1 Å². The molecular weight excluding hydrogens is 478 g/mol. The van der Waals surface area contributed by atoms with Crippen molar-refractivity contribution in [3.05, 3.63) is 104 Å². The number of amides is 1. The Hall–Kier alpha value is -3.72. The normalized spacial score (nSPS) is 15.1. The van der Waals surface area contributed by atoms with Gasteiger partial charge in [0.15, 0.2) is 0 Å². The molecule has 0 saturated carbocycles. The van der Waals surface area contributed by atoms with Gasteiger partial charge in [0.05, 0.1) is 10.5 Å². The van der Waals surface area contributed by atoms with Crippen LogP contribution in [0.15, 0.2) is 82.4 Å². The first kappa shape index (κ1) is 21.5. The van der Waals surface area contributed by atoms with Crippen molar-refractivity contribution in [1.29, 1.82) is 0 Å². The van der Waals surface area contributed by atoms with Crippen molar-refractivity contribution in [2.75, 3.05) is 0 Å². The number of para-hydroxylation sites is 1. The summed E-state index contributed by atoms with van der Waals surface area (Å²) in [6, 6.07) is 20.9. The number of nitro benzene ring substituents is 1. The van der Waals surface area contributed by atoms with Crippen LogP contribution in [0, 0.1) is 10.1 Å². The summed E-state index contributed by atoms with van der Waals surface area (Å²) in [5.74, 6) is 0.375. The molecule has 0 aliphatic carbocycles. The first-order chi connectivity index (χ1) is 15.4. The molecule has 0 bridgehead atoms. The summed E-state index contributed by atoms with van der Waals surface area (Å²) in [6.45, 7) is 1.68. The zero-order chi connectivity index (χ0) is 22.7. The van der Waals surface area contributed by atoms with Crippen LogP contribution in [0.3, 0.4) is 0 Å². The number of nitro groups is 1. The lowest BCUT2D eigenvalue weighted by atomic mass is 10.1. The maximum absolute atomic E-state index is 12.2. The van der Waals surface area contributed by atoms with E-state index in [0.717, 1.165) is 10.0 Å². The number of hydrogen-bond acceptors (Lipinski definition) is 6. The second-order valence-corrected chi connectivity index (χ2v) is 7.92. The van der Waals surface area contributed by atoms with Gasteiger partial charge in [-0.05, 0) is 29.8 Å². The van der Waals surface area contributed by atoms with Gasteiger partial charge in [-0.3, -0.25) is 14.9 Å². The molecule has 1 heterocycles. The van der Waals surface area contributed by atoms with Crippen molar-refractivity contribution in [3.63, 3.8) is 0 Å². The number of hydrazone groups is 1. The van der Waals surface area contributed by atoms with Gasteiger partial charge in [0.2, 0.25) is 18.0 Å². The minimum Gasteiger partial charge on any atom is -0.488 e. The van der Waals surface area contributed by atoms with E-state index in [0.29, 0.717) is 23.5 Å². The van der Waals surface area contributed by atoms with Crippen molar-refractivity contribution < 1.29 is 19.2 Å². The Labute approximate surface area is 192 Å². The van der Waals surface area contributed by atoms with Crippen LogP contribution < -0.4 is 4.74 Å². The van der Waals surface area contributed by atoms with Crippen LogP contribution in [-0.4, -0.2) is 21.7 Å². The molecule has 1 aliphatic rings. The number of rotatable bonds is 6. The first-order valence-electron chi connectivity index (χ1n) is 9.68. The Morgan fingerprint density at radius 3 is 2.69 bits per heavy atom. The van der Waals surface area contributed by atoms with Crippen LogP contribution in [0.4, 0.5) is 5.69 Å². The molecule has 32 heavy (non-hydrogen) atoms. The zero-order valence-electron chi connectivity index (χ0n) is 17.0. The standard InChI is InChI=1S/C23H18BrN3O5/c1-15(28)26-23(17-7-5-9-19(13-17)27(29)30)32-22(25-26)20-10-2-3-11-21(20)31-14-16-6-4-8-18(24)12-16/h2-13,23H,14H2,1H3/t23-/m0/s1. The molecule has 0 fully saturated rings. The van der Waals surface area contributed by atoms with E-state index in [1.54, 1.807) is 24.3 Å². The third-order valence-electron chi connectivity index (χ3n) is 4.73.